The summed E-state index contributed by atoms with van der Waals surface area (Å²) < 4.78 is 11.1. The first-order valence-corrected chi connectivity index (χ1v) is 10.2. The molecule has 5 heteroatoms. The van der Waals surface area contributed by atoms with Gasteiger partial charge in [-0.05, 0) is 78.8 Å². The highest BCUT2D eigenvalue weighted by Gasteiger charge is 2.31. The molecule has 0 unspecified atom stereocenters. The van der Waals surface area contributed by atoms with Crippen molar-refractivity contribution in [2.45, 2.75) is 39.3 Å². The summed E-state index contributed by atoms with van der Waals surface area (Å²) in [6, 6.07) is 12.3. The molecule has 30 heavy (non-hydrogen) atoms. The van der Waals surface area contributed by atoms with Crippen LogP contribution in [0.1, 0.15) is 51.2 Å². The maximum atomic E-state index is 10.3. The van der Waals surface area contributed by atoms with E-state index in [1.165, 1.54) is 5.56 Å². The Balaban J connectivity index is 1.89. The number of aromatic hydroxyl groups is 1. The number of methoxy groups -OCH3 is 2. The van der Waals surface area contributed by atoms with Crippen LogP contribution in [0.3, 0.4) is 0 Å². The van der Waals surface area contributed by atoms with Gasteiger partial charge in [0.2, 0.25) is 0 Å². The van der Waals surface area contributed by atoms with Gasteiger partial charge in [-0.1, -0.05) is 18.2 Å². The van der Waals surface area contributed by atoms with Crippen molar-refractivity contribution < 1.29 is 14.6 Å². The SMILES string of the molecule is COc1cc2c(cc1OC)[C@H](c1cc(C)c(O)c(C)c1)N[C@H](c1ncccc1C)C2. The van der Waals surface area contributed by atoms with Crippen molar-refractivity contribution in [3.63, 3.8) is 0 Å². The van der Waals surface area contributed by atoms with Crippen molar-refractivity contribution in [1.82, 2.24) is 10.3 Å². The van der Waals surface area contributed by atoms with E-state index in [1.54, 1.807) is 14.2 Å². The van der Waals surface area contributed by atoms with E-state index in [0.29, 0.717) is 11.5 Å². The Morgan fingerprint density at radius 3 is 2.27 bits per heavy atom. The smallest absolute Gasteiger partial charge is 0.161 e. The predicted molar refractivity (Wildman–Crippen MR) is 118 cm³/mol. The van der Waals surface area contributed by atoms with Crippen LogP contribution in [0.5, 0.6) is 17.2 Å². The molecule has 156 valence electrons. The Morgan fingerprint density at radius 2 is 1.63 bits per heavy atom. The van der Waals surface area contributed by atoms with Gasteiger partial charge in [0.15, 0.2) is 11.5 Å². The number of benzene rings is 2. The van der Waals surface area contributed by atoms with Gasteiger partial charge in [-0.3, -0.25) is 10.3 Å². The number of phenolic OH excluding ortho intramolecular Hbond substituents is 1. The first-order chi connectivity index (χ1) is 14.4. The molecule has 0 fully saturated rings. The number of nitrogens with zero attached hydrogens (tertiary/aromatic N) is 1. The van der Waals surface area contributed by atoms with Crippen LogP contribution >= 0.6 is 0 Å². The molecule has 0 spiro atoms. The van der Waals surface area contributed by atoms with E-state index in [0.717, 1.165) is 45.7 Å². The molecule has 3 aromatic rings. The molecule has 2 N–H and O–H groups in total. The first-order valence-electron chi connectivity index (χ1n) is 10.2. The summed E-state index contributed by atoms with van der Waals surface area (Å²) in [5.74, 6) is 1.79. The monoisotopic (exact) mass is 404 g/mol. The average Bonchev–Trinajstić information content (AvgIpc) is 2.75. The van der Waals surface area contributed by atoms with Gasteiger partial charge in [0, 0.05) is 6.20 Å². The molecule has 0 saturated heterocycles. The van der Waals surface area contributed by atoms with Crippen molar-refractivity contribution in [1.29, 1.82) is 0 Å². The molecule has 1 aliphatic rings. The van der Waals surface area contributed by atoms with Gasteiger partial charge < -0.3 is 14.6 Å². The van der Waals surface area contributed by atoms with E-state index < -0.39 is 0 Å². The second kappa shape index (κ2) is 8.00. The van der Waals surface area contributed by atoms with E-state index in [-0.39, 0.29) is 12.1 Å². The zero-order chi connectivity index (χ0) is 21.4. The van der Waals surface area contributed by atoms with Crippen LogP contribution in [-0.4, -0.2) is 24.3 Å². The lowest BCUT2D eigenvalue weighted by atomic mass is 9.84. The molecule has 2 aromatic carbocycles. The van der Waals surface area contributed by atoms with Gasteiger partial charge in [-0.25, -0.2) is 0 Å². The number of hydrogen-bond acceptors (Lipinski definition) is 5. The number of rotatable bonds is 4. The molecule has 0 amide bonds. The molecule has 4 rings (SSSR count). The van der Waals surface area contributed by atoms with E-state index >= 15 is 0 Å². The Labute approximate surface area is 177 Å². The summed E-state index contributed by atoms with van der Waals surface area (Å²) in [5.41, 5.74) is 7.41. The maximum absolute atomic E-state index is 10.3. The standard InChI is InChI=1S/C25H28N2O3/c1-14-7-6-8-26-23(14)20-11-17-12-21(29-4)22(30-5)13-19(17)24(27-20)18-9-15(2)25(28)16(3)10-18/h6-10,12-13,20,24,27-28H,11H2,1-5H3/t20-,24-/m0/s1. The fourth-order valence-corrected chi connectivity index (χ4v) is 4.42. The van der Waals surface area contributed by atoms with Crippen LogP contribution in [-0.2, 0) is 6.42 Å². The van der Waals surface area contributed by atoms with Crippen molar-refractivity contribution in [2.75, 3.05) is 14.2 Å². The van der Waals surface area contributed by atoms with Crippen LogP contribution in [0.15, 0.2) is 42.6 Å². The Hall–Kier alpha value is -3.05. The fourth-order valence-electron chi connectivity index (χ4n) is 4.42. The molecule has 5 nitrogen and oxygen atoms in total. The van der Waals surface area contributed by atoms with Crippen LogP contribution in [0.4, 0.5) is 0 Å². The van der Waals surface area contributed by atoms with E-state index in [9.17, 15) is 5.11 Å². The zero-order valence-corrected chi connectivity index (χ0v) is 18.1. The highest BCUT2D eigenvalue weighted by Crippen LogP contribution is 2.42. The fraction of sp³-hybridized carbons (Fsp3) is 0.320. The second-order valence-electron chi connectivity index (χ2n) is 7.97. The lowest BCUT2D eigenvalue weighted by molar-refractivity contribution is 0.350. The van der Waals surface area contributed by atoms with Crippen LogP contribution in [0.25, 0.3) is 0 Å². The van der Waals surface area contributed by atoms with Gasteiger partial charge >= 0.3 is 0 Å². The Kier molecular flexibility index (Phi) is 5.39. The number of ether oxygens (including phenoxy) is 2. The van der Waals surface area contributed by atoms with E-state index in [4.69, 9.17) is 9.47 Å². The normalized spacial score (nSPS) is 18.0. The summed E-state index contributed by atoms with van der Waals surface area (Å²) in [4.78, 5) is 4.67. The van der Waals surface area contributed by atoms with Gasteiger partial charge in [0.1, 0.15) is 5.75 Å². The third-order valence-corrected chi connectivity index (χ3v) is 5.98. The molecular weight excluding hydrogens is 376 g/mol. The molecule has 2 heterocycles. The predicted octanol–water partition coefficient (Wildman–Crippen LogP) is 4.71. The zero-order valence-electron chi connectivity index (χ0n) is 18.1. The second-order valence-corrected chi connectivity index (χ2v) is 7.97. The van der Waals surface area contributed by atoms with E-state index in [1.807, 2.05) is 38.2 Å². The Bertz CT molecular complexity index is 1070. The number of pyridine rings is 1. The molecule has 0 aliphatic carbocycles. The minimum Gasteiger partial charge on any atom is -0.507 e. The lowest BCUT2D eigenvalue weighted by Crippen LogP contribution is -2.35. The summed E-state index contributed by atoms with van der Waals surface area (Å²) in [6.07, 6.45) is 2.65. The highest BCUT2D eigenvalue weighted by atomic mass is 16.5. The van der Waals surface area contributed by atoms with Gasteiger partial charge in [-0.2, -0.15) is 0 Å². The number of fused-ring (bicyclic) bond motifs is 1. The third kappa shape index (κ3) is 3.50. The number of phenols is 1. The average molecular weight is 405 g/mol. The van der Waals surface area contributed by atoms with Crippen molar-refractivity contribution in [3.8, 4) is 17.2 Å². The lowest BCUT2D eigenvalue weighted by Gasteiger charge is -2.35. The molecule has 2 atom stereocenters. The van der Waals surface area contributed by atoms with Crippen LogP contribution in [0.2, 0.25) is 0 Å². The van der Waals surface area contributed by atoms with Crippen molar-refractivity contribution in [2.24, 2.45) is 0 Å². The van der Waals surface area contributed by atoms with Gasteiger partial charge in [-0.15, -0.1) is 0 Å². The maximum Gasteiger partial charge on any atom is 0.161 e. The largest absolute Gasteiger partial charge is 0.507 e. The highest BCUT2D eigenvalue weighted by molar-refractivity contribution is 5.54. The quantitative estimate of drug-likeness (QED) is 0.660. The number of hydrogen-bond donors (Lipinski definition) is 2. The van der Waals surface area contributed by atoms with E-state index in [2.05, 4.69) is 35.4 Å². The summed E-state index contributed by atoms with van der Waals surface area (Å²) in [5, 5.41) is 14.1. The minimum absolute atomic E-state index is 0.0574. The molecule has 1 aliphatic heterocycles. The van der Waals surface area contributed by atoms with Gasteiger partial charge in [0.05, 0.1) is 32.0 Å². The summed E-state index contributed by atoms with van der Waals surface area (Å²) in [7, 11) is 3.32. The molecule has 0 saturated carbocycles. The third-order valence-electron chi connectivity index (χ3n) is 5.98. The molecule has 0 radical (unpaired) electrons. The summed E-state index contributed by atoms with van der Waals surface area (Å²) in [6.45, 7) is 5.97. The minimum atomic E-state index is -0.0574. The molecular formula is C25H28N2O3. The van der Waals surface area contributed by atoms with Gasteiger partial charge in [0.25, 0.3) is 0 Å². The Morgan fingerprint density at radius 1 is 0.967 bits per heavy atom. The van der Waals surface area contributed by atoms with Crippen molar-refractivity contribution in [3.05, 3.63) is 81.7 Å². The first kappa shape index (κ1) is 20.2. The van der Waals surface area contributed by atoms with Crippen molar-refractivity contribution >= 4 is 0 Å². The summed E-state index contributed by atoms with van der Waals surface area (Å²) >= 11 is 0. The number of nitrogens with one attached hydrogen (secondary N) is 1. The number of aromatic nitrogens is 1. The number of aryl methyl sites for hydroxylation is 3. The van der Waals surface area contributed by atoms with Crippen LogP contribution in [0, 0.1) is 20.8 Å². The van der Waals surface area contributed by atoms with Crippen LogP contribution < -0.4 is 14.8 Å². The topological polar surface area (TPSA) is 63.6 Å². The molecule has 0 bridgehead atoms. The molecule has 1 aromatic heterocycles.